The van der Waals surface area contributed by atoms with E-state index in [0.29, 0.717) is 5.92 Å². The first-order valence-electron chi connectivity index (χ1n) is 19.7. The highest BCUT2D eigenvalue weighted by molar-refractivity contribution is 6.09. The lowest BCUT2D eigenvalue weighted by Gasteiger charge is -2.30. The van der Waals surface area contributed by atoms with E-state index in [-0.39, 0.29) is 0 Å². The Morgan fingerprint density at radius 3 is 1.68 bits per heavy atom. The van der Waals surface area contributed by atoms with Gasteiger partial charge in [-0.25, -0.2) is 0 Å². The number of fused-ring (bicyclic) bond motifs is 3. The third-order valence-corrected chi connectivity index (χ3v) is 11.5. The van der Waals surface area contributed by atoms with E-state index >= 15 is 0 Å². The highest BCUT2D eigenvalue weighted by Gasteiger charge is 2.20. The molecule has 56 heavy (non-hydrogen) atoms. The minimum absolute atomic E-state index is 0.326. The maximum Gasteiger partial charge on any atom is 0.0541 e. The van der Waals surface area contributed by atoms with Crippen molar-refractivity contribution in [3.8, 4) is 16.8 Å². The Hall–Kier alpha value is -6.90. The van der Waals surface area contributed by atoms with Crippen LogP contribution in [0.25, 0.3) is 49.8 Å². The fourth-order valence-electron chi connectivity index (χ4n) is 8.60. The molecule has 0 bridgehead atoms. The fraction of sp³-hybridized carbons (Fsp3) is 0.0741. The van der Waals surface area contributed by atoms with Crippen LogP contribution in [0.1, 0.15) is 41.9 Å². The Labute approximate surface area is 329 Å². The van der Waals surface area contributed by atoms with Crippen LogP contribution in [0, 0.1) is 0 Å². The highest BCUT2D eigenvalue weighted by atomic mass is 15.1. The molecule has 0 amide bonds. The lowest BCUT2D eigenvalue weighted by atomic mass is 9.88. The molecule has 0 radical (unpaired) electrons. The standard InChI is InChI=1S/C54H42N2/c1-3-12-39(13-4-1)42-26-32-47(33-27-42)55(48-34-28-43(29-35-48)40-14-5-2-6-15-40)49-36-30-44(31-37-49)41-22-24-45(25-23-41)46-16-11-17-50(38-46)56-53-20-9-7-18-51(53)52-19-8-10-21-54(52)56/h1-24,26-28,30-34,36-38,45H,25,29,35H2/t45-/m1/s1. The van der Waals surface area contributed by atoms with Gasteiger partial charge < -0.3 is 9.47 Å². The maximum atomic E-state index is 2.43. The van der Waals surface area contributed by atoms with Crippen LogP contribution in [-0.2, 0) is 0 Å². The first-order valence-corrected chi connectivity index (χ1v) is 19.7. The zero-order chi connectivity index (χ0) is 37.3. The molecule has 2 aliphatic rings. The summed E-state index contributed by atoms with van der Waals surface area (Å²) in [6.45, 7) is 0. The van der Waals surface area contributed by atoms with Crippen LogP contribution >= 0.6 is 0 Å². The van der Waals surface area contributed by atoms with Crippen molar-refractivity contribution < 1.29 is 0 Å². The van der Waals surface area contributed by atoms with Crippen LogP contribution < -0.4 is 4.90 Å². The quantitative estimate of drug-likeness (QED) is 0.152. The van der Waals surface area contributed by atoms with E-state index in [4.69, 9.17) is 0 Å². The van der Waals surface area contributed by atoms with E-state index in [1.807, 2.05) is 0 Å². The zero-order valence-corrected chi connectivity index (χ0v) is 31.3. The van der Waals surface area contributed by atoms with Crippen LogP contribution in [0.3, 0.4) is 0 Å². The van der Waals surface area contributed by atoms with Gasteiger partial charge in [-0.15, -0.1) is 0 Å². The molecule has 2 nitrogen and oxygen atoms in total. The third-order valence-electron chi connectivity index (χ3n) is 11.5. The molecule has 0 saturated carbocycles. The molecule has 8 aromatic rings. The number of anilines is 2. The molecule has 1 heterocycles. The Morgan fingerprint density at radius 1 is 0.482 bits per heavy atom. The number of nitrogens with zero attached hydrogens (tertiary/aromatic N) is 2. The summed E-state index contributed by atoms with van der Waals surface area (Å²) in [5.41, 5.74) is 16.3. The summed E-state index contributed by atoms with van der Waals surface area (Å²) in [6.07, 6.45) is 14.7. The second kappa shape index (κ2) is 14.7. The Bertz CT molecular complexity index is 2740. The van der Waals surface area contributed by atoms with Gasteiger partial charge in [0.1, 0.15) is 0 Å². The van der Waals surface area contributed by atoms with E-state index in [1.165, 1.54) is 83.5 Å². The number of para-hydroxylation sites is 2. The van der Waals surface area contributed by atoms with Crippen LogP contribution in [0.4, 0.5) is 11.4 Å². The molecular formula is C54H42N2. The van der Waals surface area contributed by atoms with Crippen molar-refractivity contribution in [1.29, 1.82) is 0 Å². The van der Waals surface area contributed by atoms with Crippen molar-refractivity contribution in [1.82, 2.24) is 4.57 Å². The van der Waals surface area contributed by atoms with Gasteiger partial charge in [0.25, 0.3) is 0 Å². The second-order valence-corrected chi connectivity index (χ2v) is 14.8. The maximum absolute atomic E-state index is 2.43. The first-order chi connectivity index (χ1) is 27.8. The van der Waals surface area contributed by atoms with Crippen molar-refractivity contribution in [2.24, 2.45) is 0 Å². The highest BCUT2D eigenvalue weighted by Crippen LogP contribution is 2.39. The molecule has 2 aliphatic carbocycles. The average Bonchev–Trinajstić information content (AvgIpc) is 3.62. The summed E-state index contributed by atoms with van der Waals surface area (Å²) in [5.74, 6) is 0.326. The number of hydrogen-bond donors (Lipinski definition) is 0. The number of rotatable bonds is 8. The molecular weight excluding hydrogens is 677 g/mol. The average molecular weight is 719 g/mol. The molecule has 0 spiro atoms. The summed E-state index contributed by atoms with van der Waals surface area (Å²) in [7, 11) is 0. The Balaban J connectivity index is 0.918. The zero-order valence-electron chi connectivity index (χ0n) is 31.3. The molecule has 0 fully saturated rings. The number of allylic oxidation sites excluding steroid dienone is 8. The van der Waals surface area contributed by atoms with Crippen LogP contribution in [0.15, 0.2) is 218 Å². The largest absolute Gasteiger partial charge is 0.314 e. The summed E-state index contributed by atoms with van der Waals surface area (Å²) in [6, 6.07) is 66.1. The molecule has 0 saturated heterocycles. The summed E-state index contributed by atoms with van der Waals surface area (Å²) < 4.78 is 2.41. The topological polar surface area (TPSA) is 8.17 Å². The lowest BCUT2D eigenvalue weighted by molar-refractivity contribution is 0.854. The predicted octanol–water partition coefficient (Wildman–Crippen LogP) is 14.5. The number of hydrogen-bond acceptors (Lipinski definition) is 1. The first kappa shape index (κ1) is 33.7. The molecule has 2 heteroatoms. The van der Waals surface area contributed by atoms with Crippen LogP contribution in [0.2, 0.25) is 0 Å². The van der Waals surface area contributed by atoms with E-state index in [2.05, 4.69) is 222 Å². The summed E-state index contributed by atoms with van der Waals surface area (Å²) in [5, 5.41) is 2.58. The molecule has 0 aliphatic heterocycles. The van der Waals surface area contributed by atoms with Gasteiger partial charge >= 0.3 is 0 Å². The molecule has 0 unspecified atom stereocenters. The van der Waals surface area contributed by atoms with Gasteiger partial charge in [-0.3, -0.25) is 0 Å². The molecule has 0 N–H and O–H groups in total. The lowest BCUT2D eigenvalue weighted by Crippen LogP contribution is -2.18. The van der Waals surface area contributed by atoms with Crippen LogP contribution in [-0.4, -0.2) is 4.57 Å². The number of aromatic nitrogens is 1. The van der Waals surface area contributed by atoms with Gasteiger partial charge in [-0.2, -0.15) is 0 Å². The smallest absolute Gasteiger partial charge is 0.0541 e. The van der Waals surface area contributed by atoms with Crippen molar-refractivity contribution >= 4 is 44.3 Å². The van der Waals surface area contributed by atoms with Crippen molar-refractivity contribution in [2.75, 3.05) is 4.90 Å². The Morgan fingerprint density at radius 2 is 1.07 bits per heavy atom. The molecule has 268 valence electrons. The van der Waals surface area contributed by atoms with Crippen molar-refractivity contribution in [3.63, 3.8) is 0 Å². The predicted molar refractivity (Wildman–Crippen MR) is 237 cm³/mol. The van der Waals surface area contributed by atoms with Crippen molar-refractivity contribution in [2.45, 2.75) is 25.2 Å². The van der Waals surface area contributed by atoms with Crippen LogP contribution in [0.5, 0.6) is 0 Å². The Kier molecular flexibility index (Phi) is 8.85. The van der Waals surface area contributed by atoms with E-state index in [0.717, 1.165) is 19.3 Å². The SMILES string of the molecule is C1=C[C@@H](c2cccc(-n3c4ccccc4c4ccccc43)c2)CC=C1c1ccc(N(C2=CC=C(c3ccccc3)CC2)c2ccc(-c3ccccc3)cc2)cc1. The van der Waals surface area contributed by atoms with E-state index in [1.54, 1.807) is 0 Å². The van der Waals surface area contributed by atoms with E-state index < -0.39 is 0 Å². The molecule has 10 rings (SSSR count). The van der Waals surface area contributed by atoms with Gasteiger partial charge in [-0.05, 0) is 113 Å². The van der Waals surface area contributed by atoms with Gasteiger partial charge in [-0.1, -0.05) is 158 Å². The van der Waals surface area contributed by atoms with Gasteiger partial charge in [0.15, 0.2) is 0 Å². The summed E-state index contributed by atoms with van der Waals surface area (Å²) in [4.78, 5) is 2.43. The monoisotopic (exact) mass is 718 g/mol. The van der Waals surface area contributed by atoms with Gasteiger partial charge in [0.2, 0.25) is 0 Å². The molecule has 1 aromatic heterocycles. The summed E-state index contributed by atoms with van der Waals surface area (Å²) >= 11 is 0. The van der Waals surface area contributed by atoms with E-state index in [9.17, 15) is 0 Å². The minimum atomic E-state index is 0.326. The van der Waals surface area contributed by atoms with Crippen molar-refractivity contribution in [3.05, 3.63) is 235 Å². The minimum Gasteiger partial charge on any atom is -0.314 e. The molecule has 7 aromatic carbocycles. The second-order valence-electron chi connectivity index (χ2n) is 14.8. The molecule has 1 atom stereocenters. The fourth-order valence-corrected chi connectivity index (χ4v) is 8.60. The normalized spacial score (nSPS) is 15.4. The van der Waals surface area contributed by atoms with Gasteiger partial charge in [0.05, 0.1) is 11.0 Å². The third kappa shape index (κ3) is 6.40. The van der Waals surface area contributed by atoms with Gasteiger partial charge in [0, 0.05) is 39.4 Å². The number of benzene rings is 7.